The average molecular weight is 234 g/mol. The highest BCUT2D eigenvalue weighted by Gasteiger charge is 2.06. The summed E-state index contributed by atoms with van der Waals surface area (Å²) in [5.74, 6) is 0.670. The summed E-state index contributed by atoms with van der Waals surface area (Å²) < 4.78 is 10.1. The number of hydrogen-bond donors (Lipinski definition) is 1. The van der Waals surface area contributed by atoms with E-state index in [9.17, 15) is 4.79 Å². The highest BCUT2D eigenvalue weighted by molar-refractivity contribution is 5.67. The van der Waals surface area contributed by atoms with Crippen LogP contribution in [0.15, 0.2) is 18.2 Å². The van der Waals surface area contributed by atoms with Crippen LogP contribution in [-0.2, 0) is 11.3 Å². The highest BCUT2D eigenvalue weighted by atomic mass is 16.5. The Labute approximate surface area is 100.0 Å². The SMILES string of the molecule is COc1ccc(C)cc1COC(=O)NCC#N. The molecule has 5 nitrogen and oxygen atoms in total. The number of ether oxygens (including phenoxy) is 2. The summed E-state index contributed by atoms with van der Waals surface area (Å²) in [7, 11) is 1.56. The van der Waals surface area contributed by atoms with Crippen LogP contribution in [0.25, 0.3) is 0 Å². The summed E-state index contributed by atoms with van der Waals surface area (Å²) in [6.07, 6.45) is -0.616. The van der Waals surface area contributed by atoms with Gasteiger partial charge in [0.1, 0.15) is 18.9 Å². The van der Waals surface area contributed by atoms with Gasteiger partial charge in [-0.3, -0.25) is 0 Å². The molecule has 1 aromatic rings. The molecule has 0 unspecified atom stereocenters. The molecule has 0 spiro atoms. The minimum Gasteiger partial charge on any atom is -0.496 e. The molecule has 0 fully saturated rings. The fourth-order valence-electron chi connectivity index (χ4n) is 1.33. The fourth-order valence-corrected chi connectivity index (χ4v) is 1.33. The number of rotatable bonds is 4. The van der Waals surface area contributed by atoms with Crippen LogP contribution in [0.5, 0.6) is 5.75 Å². The van der Waals surface area contributed by atoms with Crippen LogP contribution in [0, 0.1) is 18.3 Å². The highest BCUT2D eigenvalue weighted by Crippen LogP contribution is 2.20. The summed E-state index contributed by atoms with van der Waals surface area (Å²) in [4.78, 5) is 11.1. The molecule has 0 saturated heterocycles. The average Bonchev–Trinajstić information content (AvgIpc) is 2.34. The van der Waals surface area contributed by atoms with Crippen LogP contribution in [0.3, 0.4) is 0 Å². The molecule has 0 radical (unpaired) electrons. The van der Waals surface area contributed by atoms with E-state index >= 15 is 0 Å². The van der Waals surface area contributed by atoms with E-state index in [0.29, 0.717) is 5.75 Å². The van der Waals surface area contributed by atoms with Crippen molar-refractivity contribution in [3.8, 4) is 11.8 Å². The molecule has 0 saturated carbocycles. The van der Waals surface area contributed by atoms with Gasteiger partial charge in [0.15, 0.2) is 0 Å². The molecule has 0 aliphatic heterocycles. The first kappa shape index (κ1) is 12.8. The second kappa shape index (κ2) is 6.38. The van der Waals surface area contributed by atoms with Crippen LogP contribution in [0.2, 0.25) is 0 Å². The van der Waals surface area contributed by atoms with Crippen molar-refractivity contribution in [2.24, 2.45) is 0 Å². The Kier molecular flexibility index (Phi) is 4.82. The maximum absolute atomic E-state index is 11.1. The molecule has 1 aromatic carbocycles. The summed E-state index contributed by atoms with van der Waals surface area (Å²) in [5.41, 5.74) is 1.85. The normalized spacial score (nSPS) is 9.24. The standard InChI is InChI=1S/C12H14N2O3/c1-9-3-4-11(16-2)10(7-9)8-17-12(15)14-6-5-13/h3-4,7H,6,8H2,1-2H3,(H,14,15). The summed E-state index contributed by atoms with van der Waals surface area (Å²) in [6, 6.07) is 7.41. The summed E-state index contributed by atoms with van der Waals surface area (Å²) >= 11 is 0. The van der Waals surface area contributed by atoms with Gasteiger partial charge in [0, 0.05) is 5.56 Å². The third-order valence-electron chi connectivity index (χ3n) is 2.11. The monoisotopic (exact) mass is 234 g/mol. The van der Waals surface area contributed by atoms with Crippen molar-refractivity contribution in [2.75, 3.05) is 13.7 Å². The van der Waals surface area contributed by atoms with Gasteiger partial charge in [-0.25, -0.2) is 4.79 Å². The van der Waals surface area contributed by atoms with Gasteiger partial charge in [-0.1, -0.05) is 11.6 Å². The lowest BCUT2D eigenvalue weighted by atomic mass is 10.1. The number of hydrogen-bond acceptors (Lipinski definition) is 4. The molecule has 1 rings (SSSR count). The fraction of sp³-hybridized carbons (Fsp3) is 0.333. The molecule has 1 amide bonds. The zero-order valence-corrected chi connectivity index (χ0v) is 9.82. The number of carbonyl (C=O) groups is 1. The van der Waals surface area contributed by atoms with Crippen LogP contribution in [-0.4, -0.2) is 19.7 Å². The first-order chi connectivity index (χ1) is 8.17. The van der Waals surface area contributed by atoms with E-state index in [1.807, 2.05) is 25.1 Å². The lowest BCUT2D eigenvalue weighted by molar-refractivity contribution is 0.140. The van der Waals surface area contributed by atoms with Gasteiger partial charge >= 0.3 is 6.09 Å². The number of nitriles is 1. The number of amides is 1. The minimum atomic E-state index is -0.616. The number of benzene rings is 1. The number of carbonyl (C=O) groups excluding carboxylic acids is 1. The maximum atomic E-state index is 11.1. The van der Waals surface area contributed by atoms with E-state index in [-0.39, 0.29) is 13.2 Å². The second-order valence-corrected chi connectivity index (χ2v) is 3.40. The molecular formula is C12H14N2O3. The van der Waals surface area contributed by atoms with Crippen molar-refractivity contribution in [3.05, 3.63) is 29.3 Å². The Morgan fingerprint density at radius 1 is 1.53 bits per heavy atom. The Morgan fingerprint density at radius 2 is 2.29 bits per heavy atom. The van der Waals surface area contributed by atoms with E-state index in [1.54, 1.807) is 13.2 Å². The number of nitrogens with zero attached hydrogens (tertiary/aromatic N) is 1. The number of methoxy groups -OCH3 is 1. The van der Waals surface area contributed by atoms with Gasteiger partial charge in [-0.15, -0.1) is 0 Å². The van der Waals surface area contributed by atoms with Crippen molar-refractivity contribution < 1.29 is 14.3 Å². The first-order valence-electron chi connectivity index (χ1n) is 5.08. The van der Waals surface area contributed by atoms with Gasteiger partial charge in [0.25, 0.3) is 0 Å². The Balaban J connectivity index is 2.59. The van der Waals surface area contributed by atoms with Crippen LogP contribution < -0.4 is 10.1 Å². The lowest BCUT2D eigenvalue weighted by Crippen LogP contribution is -2.24. The molecule has 0 bridgehead atoms. The van der Waals surface area contributed by atoms with Crippen molar-refractivity contribution in [3.63, 3.8) is 0 Å². The zero-order chi connectivity index (χ0) is 12.7. The van der Waals surface area contributed by atoms with Crippen LogP contribution >= 0.6 is 0 Å². The summed E-state index contributed by atoms with van der Waals surface area (Å²) in [6.45, 7) is 1.99. The van der Waals surface area contributed by atoms with Gasteiger partial charge in [-0.2, -0.15) is 5.26 Å². The lowest BCUT2D eigenvalue weighted by Gasteiger charge is -2.10. The van der Waals surface area contributed by atoms with E-state index < -0.39 is 6.09 Å². The third kappa shape index (κ3) is 4.03. The molecule has 0 aliphatic carbocycles. The van der Waals surface area contributed by atoms with E-state index in [0.717, 1.165) is 11.1 Å². The Morgan fingerprint density at radius 3 is 2.94 bits per heavy atom. The van der Waals surface area contributed by atoms with E-state index in [4.69, 9.17) is 14.7 Å². The van der Waals surface area contributed by atoms with Crippen molar-refractivity contribution in [1.82, 2.24) is 5.32 Å². The van der Waals surface area contributed by atoms with E-state index in [2.05, 4.69) is 5.32 Å². The van der Waals surface area contributed by atoms with Gasteiger partial charge in [0.05, 0.1) is 13.2 Å². The predicted octanol–water partition coefficient (Wildman–Crippen LogP) is 1.75. The molecule has 0 atom stereocenters. The van der Waals surface area contributed by atoms with Gasteiger partial charge < -0.3 is 14.8 Å². The van der Waals surface area contributed by atoms with Gasteiger partial charge in [0.2, 0.25) is 0 Å². The van der Waals surface area contributed by atoms with Crippen LogP contribution in [0.4, 0.5) is 4.79 Å². The Bertz CT molecular complexity index is 438. The van der Waals surface area contributed by atoms with Gasteiger partial charge in [-0.05, 0) is 19.1 Å². The number of aryl methyl sites for hydroxylation is 1. The summed E-state index contributed by atoms with van der Waals surface area (Å²) in [5, 5.41) is 10.6. The molecule has 90 valence electrons. The molecule has 0 aromatic heterocycles. The molecular weight excluding hydrogens is 220 g/mol. The molecule has 0 heterocycles. The second-order valence-electron chi connectivity index (χ2n) is 3.40. The molecule has 0 aliphatic rings. The number of alkyl carbamates (subject to hydrolysis) is 1. The number of nitrogens with one attached hydrogen (secondary N) is 1. The minimum absolute atomic E-state index is 0.0657. The van der Waals surface area contributed by atoms with Crippen molar-refractivity contribution in [2.45, 2.75) is 13.5 Å². The third-order valence-corrected chi connectivity index (χ3v) is 2.11. The Hall–Kier alpha value is -2.22. The quantitative estimate of drug-likeness (QED) is 0.806. The van der Waals surface area contributed by atoms with Crippen LogP contribution in [0.1, 0.15) is 11.1 Å². The predicted molar refractivity (Wildman–Crippen MR) is 61.5 cm³/mol. The smallest absolute Gasteiger partial charge is 0.408 e. The largest absolute Gasteiger partial charge is 0.496 e. The molecule has 5 heteroatoms. The van der Waals surface area contributed by atoms with Crippen molar-refractivity contribution >= 4 is 6.09 Å². The maximum Gasteiger partial charge on any atom is 0.408 e. The topological polar surface area (TPSA) is 71.3 Å². The molecule has 1 N–H and O–H groups in total. The molecule has 17 heavy (non-hydrogen) atoms. The van der Waals surface area contributed by atoms with E-state index in [1.165, 1.54) is 0 Å². The zero-order valence-electron chi connectivity index (χ0n) is 9.82. The first-order valence-corrected chi connectivity index (χ1v) is 5.08. The van der Waals surface area contributed by atoms with Crippen molar-refractivity contribution in [1.29, 1.82) is 5.26 Å².